The van der Waals surface area contributed by atoms with Gasteiger partial charge in [-0.2, -0.15) is 0 Å². The summed E-state index contributed by atoms with van der Waals surface area (Å²) in [6.45, 7) is 0.947. The van der Waals surface area contributed by atoms with Crippen LogP contribution in [0, 0.1) is 0 Å². The summed E-state index contributed by atoms with van der Waals surface area (Å²) in [5.41, 5.74) is 1.47. The first kappa shape index (κ1) is 13.1. The molecule has 0 amide bonds. The zero-order valence-electron chi connectivity index (χ0n) is 11.4. The lowest BCUT2D eigenvalue weighted by Crippen LogP contribution is -2.31. The summed E-state index contributed by atoms with van der Waals surface area (Å²) in [5.74, 6) is 0. The van der Waals surface area contributed by atoms with Crippen molar-refractivity contribution in [3.8, 4) is 0 Å². The minimum Gasteiger partial charge on any atom is -0.378 e. The maximum Gasteiger partial charge on any atom is 0.0590 e. The summed E-state index contributed by atoms with van der Waals surface area (Å²) in [7, 11) is 2.06. The second kappa shape index (κ2) is 6.04. The first-order valence-corrected chi connectivity index (χ1v) is 7.99. The molecule has 1 aromatic carbocycles. The van der Waals surface area contributed by atoms with E-state index in [0.29, 0.717) is 12.1 Å². The van der Waals surface area contributed by atoms with Gasteiger partial charge in [0.15, 0.2) is 0 Å². The van der Waals surface area contributed by atoms with Gasteiger partial charge in [-0.15, -0.1) is 11.3 Å². The van der Waals surface area contributed by atoms with E-state index in [1.165, 1.54) is 28.5 Å². The van der Waals surface area contributed by atoms with Gasteiger partial charge in [-0.25, -0.2) is 0 Å². The number of likely N-dealkylation sites (N-methyl/N-ethyl adjacent to an activating group) is 1. The van der Waals surface area contributed by atoms with Crippen LogP contribution in [-0.4, -0.2) is 25.8 Å². The Balaban J connectivity index is 1.71. The van der Waals surface area contributed by atoms with Crippen LogP contribution < -0.4 is 5.32 Å². The molecule has 1 aliphatic rings. The van der Waals surface area contributed by atoms with Crippen molar-refractivity contribution in [1.82, 2.24) is 5.32 Å². The molecule has 0 bridgehead atoms. The van der Waals surface area contributed by atoms with E-state index in [9.17, 15) is 0 Å². The number of thiophene rings is 1. The van der Waals surface area contributed by atoms with Gasteiger partial charge in [-0.3, -0.25) is 0 Å². The Morgan fingerprint density at radius 2 is 2.32 bits per heavy atom. The van der Waals surface area contributed by atoms with Crippen LogP contribution in [0.2, 0.25) is 0 Å². The van der Waals surface area contributed by atoms with Gasteiger partial charge in [0.2, 0.25) is 0 Å². The molecule has 0 saturated carbocycles. The molecule has 3 rings (SSSR count). The second-order valence-corrected chi connectivity index (χ2v) is 6.23. The third-order valence-electron chi connectivity index (χ3n) is 4.01. The molecule has 3 heteroatoms. The summed E-state index contributed by atoms with van der Waals surface area (Å²) in [4.78, 5) is 0. The highest BCUT2D eigenvalue weighted by Crippen LogP contribution is 2.27. The van der Waals surface area contributed by atoms with E-state index in [-0.39, 0.29) is 0 Å². The number of rotatable bonds is 5. The second-order valence-electron chi connectivity index (χ2n) is 5.32. The molecular formula is C16H21NOS. The quantitative estimate of drug-likeness (QED) is 0.900. The van der Waals surface area contributed by atoms with Crippen molar-refractivity contribution in [3.63, 3.8) is 0 Å². The average Bonchev–Trinajstić information content (AvgIpc) is 3.08. The van der Waals surface area contributed by atoms with Gasteiger partial charge in [0.1, 0.15) is 0 Å². The van der Waals surface area contributed by atoms with E-state index in [1.54, 1.807) is 0 Å². The molecule has 0 aliphatic carbocycles. The Morgan fingerprint density at radius 1 is 1.42 bits per heavy atom. The molecule has 0 radical (unpaired) electrons. The van der Waals surface area contributed by atoms with E-state index in [1.807, 2.05) is 11.3 Å². The lowest BCUT2D eigenvalue weighted by Gasteiger charge is -2.19. The molecule has 2 nitrogen and oxygen atoms in total. The van der Waals surface area contributed by atoms with E-state index in [0.717, 1.165) is 19.4 Å². The van der Waals surface area contributed by atoms with Gasteiger partial charge >= 0.3 is 0 Å². The summed E-state index contributed by atoms with van der Waals surface area (Å²) < 4.78 is 7.15. The monoisotopic (exact) mass is 275 g/mol. The lowest BCUT2D eigenvalue weighted by atomic mass is 9.99. The highest BCUT2D eigenvalue weighted by atomic mass is 32.1. The molecular weight excluding hydrogens is 254 g/mol. The van der Waals surface area contributed by atoms with Crippen molar-refractivity contribution in [1.29, 1.82) is 0 Å². The molecule has 2 unspecified atom stereocenters. The number of hydrogen-bond donors (Lipinski definition) is 1. The Labute approximate surface area is 118 Å². The maximum absolute atomic E-state index is 5.75. The molecule has 2 aromatic rings. The third-order valence-corrected chi connectivity index (χ3v) is 5.02. The van der Waals surface area contributed by atoms with Gasteiger partial charge in [0.05, 0.1) is 6.10 Å². The SMILES string of the molecule is CNC(Cc1csc2ccccc12)CC1CCCO1. The van der Waals surface area contributed by atoms with Crippen molar-refractivity contribution < 1.29 is 4.74 Å². The van der Waals surface area contributed by atoms with Crippen LogP contribution in [0.3, 0.4) is 0 Å². The largest absolute Gasteiger partial charge is 0.378 e. The number of benzene rings is 1. The van der Waals surface area contributed by atoms with Crippen LogP contribution >= 0.6 is 11.3 Å². The Kier molecular flexibility index (Phi) is 4.16. The minimum atomic E-state index is 0.461. The minimum absolute atomic E-state index is 0.461. The topological polar surface area (TPSA) is 21.3 Å². The van der Waals surface area contributed by atoms with Crippen LogP contribution in [0.15, 0.2) is 29.6 Å². The third kappa shape index (κ3) is 2.99. The average molecular weight is 275 g/mol. The molecule has 2 atom stereocenters. The van der Waals surface area contributed by atoms with Crippen LogP contribution in [0.5, 0.6) is 0 Å². The van der Waals surface area contributed by atoms with Crippen molar-refractivity contribution in [3.05, 3.63) is 35.2 Å². The van der Waals surface area contributed by atoms with Crippen molar-refractivity contribution in [2.75, 3.05) is 13.7 Å². The Hall–Kier alpha value is -0.900. The van der Waals surface area contributed by atoms with Gasteiger partial charge in [0.25, 0.3) is 0 Å². The normalized spacial score (nSPS) is 21.0. The highest BCUT2D eigenvalue weighted by Gasteiger charge is 2.20. The lowest BCUT2D eigenvalue weighted by molar-refractivity contribution is 0.0954. The summed E-state index contributed by atoms with van der Waals surface area (Å²) >= 11 is 1.85. The van der Waals surface area contributed by atoms with Gasteiger partial charge in [-0.05, 0) is 55.1 Å². The zero-order chi connectivity index (χ0) is 13.1. The molecule has 2 heterocycles. The molecule has 102 valence electrons. The van der Waals surface area contributed by atoms with Crippen molar-refractivity contribution in [2.45, 2.75) is 37.8 Å². The number of hydrogen-bond acceptors (Lipinski definition) is 3. The Morgan fingerprint density at radius 3 is 3.11 bits per heavy atom. The Bertz CT molecular complexity index is 530. The fraction of sp³-hybridized carbons (Fsp3) is 0.500. The van der Waals surface area contributed by atoms with Crippen LogP contribution in [0.4, 0.5) is 0 Å². The number of fused-ring (bicyclic) bond motifs is 1. The van der Waals surface area contributed by atoms with E-state index in [2.05, 4.69) is 42.0 Å². The molecule has 1 saturated heterocycles. The van der Waals surface area contributed by atoms with E-state index >= 15 is 0 Å². The number of nitrogens with one attached hydrogen (secondary N) is 1. The molecule has 0 spiro atoms. The molecule has 19 heavy (non-hydrogen) atoms. The van der Waals surface area contributed by atoms with Gasteiger partial charge < -0.3 is 10.1 Å². The summed E-state index contributed by atoms with van der Waals surface area (Å²) in [5, 5.41) is 7.18. The van der Waals surface area contributed by atoms with Crippen molar-refractivity contribution in [2.24, 2.45) is 0 Å². The summed E-state index contributed by atoms with van der Waals surface area (Å²) in [6.07, 6.45) is 5.13. The first-order chi connectivity index (χ1) is 9.36. The van der Waals surface area contributed by atoms with Gasteiger partial charge in [-0.1, -0.05) is 18.2 Å². The molecule has 1 aliphatic heterocycles. The fourth-order valence-electron chi connectivity index (χ4n) is 2.91. The van der Waals surface area contributed by atoms with Crippen LogP contribution in [0.1, 0.15) is 24.8 Å². The standard InChI is InChI=1S/C16H21NOS/c1-17-13(10-14-5-4-8-18-14)9-12-11-19-16-7-3-2-6-15(12)16/h2-3,6-7,11,13-14,17H,4-5,8-10H2,1H3. The predicted octanol–water partition coefficient (Wildman–Crippen LogP) is 3.60. The first-order valence-electron chi connectivity index (χ1n) is 7.11. The van der Waals surface area contributed by atoms with E-state index in [4.69, 9.17) is 4.74 Å². The maximum atomic E-state index is 5.75. The van der Waals surface area contributed by atoms with Gasteiger partial charge in [0, 0.05) is 17.3 Å². The molecule has 1 fully saturated rings. The summed E-state index contributed by atoms with van der Waals surface area (Å²) in [6, 6.07) is 9.20. The molecule has 1 N–H and O–H groups in total. The predicted molar refractivity (Wildman–Crippen MR) is 82.0 cm³/mol. The number of ether oxygens (including phenoxy) is 1. The van der Waals surface area contributed by atoms with E-state index < -0.39 is 0 Å². The van der Waals surface area contributed by atoms with Crippen LogP contribution in [-0.2, 0) is 11.2 Å². The highest BCUT2D eigenvalue weighted by molar-refractivity contribution is 7.17. The smallest absolute Gasteiger partial charge is 0.0590 e. The van der Waals surface area contributed by atoms with Crippen molar-refractivity contribution >= 4 is 21.4 Å². The zero-order valence-corrected chi connectivity index (χ0v) is 12.2. The fourth-order valence-corrected chi connectivity index (χ4v) is 3.88. The molecule has 1 aromatic heterocycles. The van der Waals surface area contributed by atoms with Crippen LogP contribution in [0.25, 0.3) is 10.1 Å².